The van der Waals surface area contributed by atoms with Gasteiger partial charge in [0.2, 0.25) is 0 Å². The van der Waals surface area contributed by atoms with Crippen molar-refractivity contribution in [1.82, 2.24) is 9.97 Å². The van der Waals surface area contributed by atoms with Crippen molar-refractivity contribution in [2.75, 3.05) is 12.8 Å². The van der Waals surface area contributed by atoms with Crippen molar-refractivity contribution < 1.29 is 9.47 Å². The first-order valence-corrected chi connectivity index (χ1v) is 9.07. The lowest BCUT2D eigenvalue weighted by Gasteiger charge is -2.12. The third-order valence-electron chi connectivity index (χ3n) is 4.09. The molecule has 0 spiro atoms. The summed E-state index contributed by atoms with van der Waals surface area (Å²) in [4.78, 5) is 8.80. The average Bonchev–Trinajstić information content (AvgIpc) is 3.13. The molecule has 3 rings (SSSR count). The molecule has 1 aliphatic carbocycles. The minimum Gasteiger partial charge on any atom is -0.497 e. The molecule has 0 unspecified atom stereocenters. The molecule has 130 valence electrons. The van der Waals surface area contributed by atoms with Crippen LogP contribution >= 0.6 is 11.8 Å². The van der Waals surface area contributed by atoms with Crippen LogP contribution in [0.25, 0.3) is 0 Å². The highest BCUT2D eigenvalue weighted by atomic mass is 32.2. The number of aromatic nitrogens is 2. The summed E-state index contributed by atoms with van der Waals surface area (Å²) in [6.45, 7) is 0.154. The molecule has 1 aromatic heterocycles. The molecule has 1 heterocycles. The second kappa shape index (κ2) is 8.08. The summed E-state index contributed by atoms with van der Waals surface area (Å²) in [5, 5.41) is 10.5. The van der Waals surface area contributed by atoms with Gasteiger partial charge in [-0.15, -0.1) is 0 Å². The minimum atomic E-state index is 0.154. The van der Waals surface area contributed by atoms with Crippen LogP contribution in [0.15, 0.2) is 29.4 Å². The maximum atomic E-state index is 9.36. The molecule has 6 nitrogen and oxygen atoms in total. The fraction of sp³-hybridized carbons (Fsp3) is 0.389. The van der Waals surface area contributed by atoms with Gasteiger partial charge < -0.3 is 15.2 Å². The Morgan fingerprint density at radius 1 is 1.28 bits per heavy atom. The SMILES string of the molecule is COc1cccc(OCc2nc(SC3CCCC3)nc(N)c2C#N)c1. The van der Waals surface area contributed by atoms with Crippen molar-refractivity contribution in [3.05, 3.63) is 35.5 Å². The molecular formula is C18H20N4O2S. The molecule has 2 aromatic rings. The number of ether oxygens (including phenoxy) is 2. The van der Waals surface area contributed by atoms with E-state index in [2.05, 4.69) is 16.0 Å². The second-order valence-electron chi connectivity index (χ2n) is 5.82. The molecule has 7 heteroatoms. The number of nitrogen functional groups attached to an aromatic ring is 1. The van der Waals surface area contributed by atoms with Gasteiger partial charge in [0.25, 0.3) is 0 Å². The van der Waals surface area contributed by atoms with Crippen molar-refractivity contribution in [3.8, 4) is 17.6 Å². The number of nitrogens with two attached hydrogens (primary N) is 1. The number of methoxy groups -OCH3 is 1. The van der Waals surface area contributed by atoms with Gasteiger partial charge in [-0.05, 0) is 25.0 Å². The van der Waals surface area contributed by atoms with E-state index < -0.39 is 0 Å². The number of nitrogens with zero attached hydrogens (tertiary/aromatic N) is 3. The van der Waals surface area contributed by atoms with Gasteiger partial charge >= 0.3 is 0 Å². The van der Waals surface area contributed by atoms with E-state index in [4.69, 9.17) is 15.2 Å². The van der Waals surface area contributed by atoms with Gasteiger partial charge in [0.1, 0.15) is 41.3 Å². The van der Waals surface area contributed by atoms with Gasteiger partial charge in [0, 0.05) is 11.3 Å². The molecule has 1 fully saturated rings. The van der Waals surface area contributed by atoms with Crippen LogP contribution < -0.4 is 15.2 Å². The van der Waals surface area contributed by atoms with Gasteiger partial charge in [0.15, 0.2) is 5.16 Å². The molecule has 0 aliphatic heterocycles. The normalized spacial score (nSPS) is 14.2. The van der Waals surface area contributed by atoms with Crippen LogP contribution in [0.2, 0.25) is 0 Å². The Bertz CT molecular complexity index is 785. The molecule has 25 heavy (non-hydrogen) atoms. The van der Waals surface area contributed by atoms with E-state index in [0.29, 0.717) is 27.6 Å². The Morgan fingerprint density at radius 3 is 2.76 bits per heavy atom. The maximum Gasteiger partial charge on any atom is 0.190 e. The number of thioether (sulfide) groups is 1. The number of anilines is 1. The molecule has 1 aromatic carbocycles. The Hall–Kier alpha value is -2.46. The molecule has 1 saturated carbocycles. The zero-order valence-corrected chi connectivity index (χ0v) is 14.9. The lowest BCUT2D eigenvalue weighted by atomic mass is 10.2. The molecule has 2 N–H and O–H groups in total. The zero-order chi connectivity index (χ0) is 17.6. The third kappa shape index (κ3) is 4.34. The molecule has 0 bridgehead atoms. The van der Waals surface area contributed by atoms with Crippen molar-refractivity contribution in [2.24, 2.45) is 0 Å². The van der Waals surface area contributed by atoms with Crippen molar-refractivity contribution in [2.45, 2.75) is 42.7 Å². The lowest BCUT2D eigenvalue weighted by molar-refractivity contribution is 0.297. The van der Waals surface area contributed by atoms with Gasteiger partial charge in [-0.25, -0.2) is 9.97 Å². The lowest BCUT2D eigenvalue weighted by Crippen LogP contribution is -2.09. The quantitative estimate of drug-likeness (QED) is 0.791. The summed E-state index contributed by atoms with van der Waals surface area (Å²) in [5.41, 5.74) is 6.75. The smallest absolute Gasteiger partial charge is 0.190 e. The summed E-state index contributed by atoms with van der Waals surface area (Å²) >= 11 is 1.64. The van der Waals surface area contributed by atoms with E-state index in [1.807, 2.05) is 18.2 Å². The summed E-state index contributed by atoms with van der Waals surface area (Å²) < 4.78 is 11.0. The maximum absolute atomic E-state index is 9.36. The number of hydrogen-bond donors (Lipinski definition) is 1. The number of nitriles is 1. The first-order chi connectivity index (χ1) is 12.2. The first-order valence-electron chi connectivity index (χ1n) is 8.19. The van der Waals surface area contributed by atoms with Crippen molar-refractivity contribution >= 4 is 17.6 Å². The predicted octanol–water partition coefficient (Wildman–Crippen LogP) is 3.55. The molecule has 1 aliphatic rings. The van der Waals surface area contributed by atoms with Gasteiger partial charge in [-0.3, -0.25) is 0 Å². The molecule has 0 amide bonds. The van der Waals surface area contributed by atoms with E-state index in [1.165, 1.54) is 25.7 Å². The van der Waals surface area contributed by atoms with Crippen molar-refractivity contribution in [1.29, 1.82) is 5.26 Å². The fourth-order valence-electron chi connectivity index (χ4n) is 2.78. The van der Waals surface area contributed by atoms with Crippen LogP contribution in [0.5, 0.6) is 11.5 Å². The van der Waals surface area contributed by atoms with E-state index in [-0.39, 0.29) is 18.0 Å². The van der Waals surface area contributed by atoms with Crippen LogP contribution in [-0.2, 0) is 6.61 Å². The average molecular weight is 356 g/mol. The van der Waals surface area contributed by atoms with Crippen LogP contribution in [-0.4, -0.2) is 22.3 Å². The monoisotopic (exact) mass is 356 g/mol. The predicted molar refractivity (Wildman–Crippen MR) is 96.6 cm³/mol. The minimum absolute atomic E-state index is 0.154. The van der Waals surface area contributed by atoms with E-state index in [0.717, 1.165) is 0 Å². The van der Waals surface area contributed by atoms with E-state index in [1.54, 1.807) is 24.9 Å². The van der Waals surface area contributed by atoms with Crippen LogP contribution in [0.3, 0.4) is 0 Å². The zero-order valence-electron chi connectivity index (χ0n) is 14.1. The first kappa shape index (κ1) is 17.4. The van der Waals surface area contributed by atoms with Crippen LogP contribution in [0, 0.1) is 11.3 Å². The summed E-state index contributed by atoms with van der Waals surface area (Å²) in [7, 11) is 1.60. The summed E-state index contributed by atoms with van der Waals surface area (Å²) in [6.07, 6.45) is 4.83. The third-order valence-corrected chi connectivity index (χ3v) is 5.29. The van der Waals surface area contributed by atoms with Crippen molar-refractivity contribution in [3.63, 3.8) is 0 Å². The molecular weight excluding hydrogens is 336 g/mol. The van der Waals surface area contributed by atoms with Crippen LogP contribution in [0.4, 0.5) is 5.82 Å². The highest BCUT2D eigenvalue weighted by Crippen LogP contribution is 2.34. The Balaban J connectivity index is 1.78. The van der Waals surface area contributed by atoms with Gasteiger partial charge in [-0.1, -0.05) is 30.7 Å². The molecule has 0 radical (unpaired) electrons. The Kier molecular flexibility index (Phi) is 5.61. The van der Waals surface area contributed by atoms with Gasteiger partial charge in [0.05, 0.1) is 7.11 Å². The number of benzene rings is 1. The highest BCUT2D eigenvalue weighted by molar-refractivity contribution is 7.99. The van der Waals surface area contributed by atoms with Gasteiger partial charge in [-0.2, -0.15) is 5.26 Å². The number of hydrogen-bond acceptors (Lipinski definition) is 7. The highest BCUT2D eigenvalue weighted by Gasteiger charge is 2.20. The van der Waals surface area contributed by atoms with E-state index >= 15 is 0 Å². The summed E-state index contributed by atoms with van der Waals surface area (Å²) in [6, 6.07) is 9.37. The Morgan fingerprint density at radius 2 is 2.04 bits per heavy atom. The Labute approximate surface area is 151 Å². The van der Waals surface area contributed by atoms with Crippen LogP contribution in [0.1, 0.15) is 36.9 Å². The molecule has 0 atom stereocenters. The second-order valence-corrected chi connectivity index (χ2v) is 7.08. The summed E-state index contributed by atoms with van der Waals surface area (Å²) in [5.74, 6) is 1.56. The number of rotatable bonds is 6. The standard InChI is InChI=1S/C18H20N4O2S/c1-23-12-5-4-6-13(9-12)24-11-16-15(10-19)17(20)22-18(21-16)25-14-7-2-3-8-14/h4-6,9,14H,2-3,7-8,11H2,1H3,(H2,20,21,22). The fourth-order valence-corrected chi connectivity index (χ4v) is 3.96. The van der Waals surface area contributed by atoms with E-state index in [9.17, 15) is 5.26 Å². The molecule has 0 saturated heterocycles. The largest absolute Gasteiger partial charge is 0.497 e. The topological polar surface area (TPSA) is 94.1 Å².